The van der Waals surface area contributed by atoms with Crippen LogP contribution in [0.2, 0.25) is 0 Å². The molecule has 0 spiro atoms. The number of carbonyl (C=O) groups excluding carboxylic acids is 1. The summed E-state index contributed by atoms with van der Waals surface area (Å²) >= 11 is 1.30. The van der Waals surface area contributed by atoms with E-state index in [-0.39, 0.29) is 11.9 Å². The summed E-state index contributed by atoms with van der Waals surface area (Å²) in [4.78, 5) is 16.8. The predicted octanol–water partition coefficient (Wildman–Crippen LogP) is 4.40. The monoisotopic (exact) mass is 410 g/mol. The maximum atomic E-state index is 12.5. The van der Waals surface area contributed by atoms with Crippen molar-refractivity contribution in [3.63, 3.8) is 0 Å². The second kappa shape index (κ2) is 8.27. The Hall–Kier alpha value is -3.46. The Bertz CT molecular complexity index is 1120. The van der Waals surface area contributed by atoms with Crippen LogP contribution in [-0.2, 0) is 0 Å². The average molecular weight is 410 g/mol. The van der Waals surface area contributed by atoms with E-state index in [1.54, 1.807) is 18.2 Å². The molecule has 2 heterocycles. The molecule has 2 aromatic carbocycles. The van der Waals surface area contributed by atoms with Gasteiger partial charge in [-0.2, -0.15) is 0 Å². The van der Waals surface area contributed by atoms with Crippen LogP contribution in [0.3, 0.4) is 0 Å². The third-order valence-electron chi connectivity index (χ3n) is 3.92. The van der Waals surface area contributed by atoms with Gasteiger partial charge in [0, 0.05) is 5.56 Å². The molecule has 148 valence electrons. The van der Waals surface area contributed by atoms with Crippen molar-refractivity contribution in [1.82, 2.24) is 15.2 Å². The van der Waals surface area contributed by atoms with Gasteiger partial charge >= 0.3 is 6.01 Å². The van der Waals surface area contributed by atoms with Crippen LogP contribution in [0, 0.1) is 0 Å². The number of thiazole rings is 1. The lowest BCUT2D eigenvalue weighted by Crippen LogP contribution is -2.11. The highest BCUT2D eigenvalue weighted by atomic mass is 32.1. The molecule has 1 N–H and O–H groups in total. The molecule has 8 nitrogen and oxygen atoms in total. The third kappa shape index (κ3) is 4.04. The van der Waals surface area contributed by atoms with Gasteiger partial charge in [0.1, 0.15) is 0 Å². The number of aromatic nitrogens is 3. The van der Waals surface area contributed by atoms with E-state index in [9.17, 15) is 4.79 Å². The molecule has 0 aliphatic carbocycles. The highest BCUT2D eigenvalue weighted by molar-refractivity contribution is 7.20. The lowest BCUT2D eigenvalue weighted by molar-refractivity contribution is 0.102. The van der Waals surface area contributed by atoms with Crippen LogP contribution in [-0.4, -0.2) is 34.3 Å². The summed E-state index contributed by atoms with van der Waals surface area (Å²) in [6.45, 7) is 4.82. The molecule has 2 aromatic heterocycles. The Balaban J connectivity index is 1.53. The van der Waals surface area contributed by atoms with Crippen LogP contribution >= 0.6 is 11.3 Å². The van der Waals surface area contributed by atoms with E-state index in [1.807, 2.05) is 38.1 Å². The first-order valence-electron chi connectivity index (χ1n) is 9.08. The van der Waals surface area contributed by atoms with Crippen LogP contribution in [0.25, 0.3) is 21.7 Å². The molecule has 0 atom stereocenters. The van der Waals surface area contributed by atoms with Crippen LogP contribution in [0.15, 0.2) is 46.9 Å². The molecule has 0 aliphatic rings. The van der Waals surface area contributed by atoms with E-state index >= 15 is 0 Å². The molecule has 0 fully saturated rings. The third-order valence-corrected chi connectivity index (χ3v) is 4.96. The fraction of sp³-hybridized carbons (Fsp3) is 0.200. The number of hydrogen-bond acceptors (Lipinski definition) is 8. The quantitative estimate of drug-likeness (QED) is 0.482. The fourth-order valence-corrected chi connectivity index (χ4v) is 3.56. The van der Waals surface area contributed by atoms with Crippen molar-refractivity contribution in [3.05, 3.63) is 47.5 Å². The Morgan fingerprint density at radius 2 is 1.86 bits per heavy atom. The summed E-state index contributed by atoms with van der Waals surface area (Å²) in [5.74, 6) is 1.09. The number of rotatable bonds is 7. The molecular weight excluding hydrogens is 392 g/mol. The van der Waals surface area contributed by atoms with Crippen molar-refractivity contribution in [2.45, 2.75) is 13.8 Å². The molecule has 29 heavy (non-hydrogen) atoms. The molecule has 9 heteroatoms. The van der Waals surface area contributed by atoms with Crippen molar-refractivity contribution >= 4 is 33.5 Å². The largest absolute Gasteiger partial charge is 0.490 e. The summed E-state index contributed by atoms with van der Waals surface area (Å²) in [5, 5.41) is 10.8. The first-order valence-corrected chi connectivity index (χ1v) is 9.90. The molecule has 0 unspecified atom stereocenters. The highest BCUT2D eigenvalue weighted by Gasteiger charge is 2.17. The Morgan fingerprint density at radius 3 is 2.66 bits per heavy atom. The topological polar surface area (TPSA) is 99.4 Å². The number of amides is 1. The summed E-state index contributed by atoms with van der Waals surface area (Å²) in [6.07, 6.45) is 0. The van der Waals surface area contributed by atoms with Gasteiger partial charge in [0.15, 0.2) is 16.5 Å². The number of para-hydroxylation sites is 1. The van der Waals surface area contributed by atoms with E-state index in [0.29, 0.717) is 35.3 Å². The number of nitrogens with zero attached hydrogens (tertiary/aromatic N) is 3. The van der Waals surface area contributed by atoms with Crippen LogP contribution in [0.5, 0.6) is 11.5 Å². The average Bonchev–Trinajstić information content (AvgIpc) is 3.36. The van der Waals surface area contributed by atoms with Gasteiger partial charge < -0.3 is 13.9 Å². The van der Waals surface area contributed by atoms with Gasteiger partial charge in [0.25, 0.3) is 5.91 Å². The lowest BCUT2D eigenvalue weighted by Gasteiger charge is -2.11. The zero-order valence-electron chi connectivity index (χ0n) is 15.8. The van der Waals surface area contributed by atoms with Crippen LogP contribution < -0.4 is 14.8 Å². The minimum atomic E-state index is -0.400. The Labute approximate surface area is 170 Å². The molecule has 0 bridgehead atoms. The summed E-state index contributed by atoms with van der Waals surface area (Å²) in [7, 11) is 0. The van der Waals surface area contributed by atoms with E-state index in [2.05, 4.69) is 20.5 Å². The molecular formula is C20H18N4O4S. The van der Waals surface area contributed by atoms with E-state index < -0.39 is 5.91 Å². The van der Waals surface area contributed by atoms with Crippen molar-refractivity contribution in [3.8, 4) is 23.0 Å². The second-order valence-electron chi connectivity index (χ2n) is 5.88. The Morgan fingerprint density at radius 1 is 1.07 bits per heavy atom. The SMILES string of the molecule is CCOc1ccc(-c2nnc(NC(=O)c3nc4ccccc4s3)o2)cc1OCC. The minimum Gasteiger partial charge on any atom is -0.490 e. The number of benzene rings is 2. The molecule has 1 amide bonds. The molecule has 0 aliphatic heterocycles. The molecule has 4 aromatic rings. The molecule has 4 rings (SSSR count). The first kappa shape index (κ1) is 18.9. The summed E-state index contributed by atoms with van der Waals surface area (Å²) in [5.41, 5.74) is 1.43. The number of carbonyl (C=O) groups is 1. The maximum Gasteiger partial charge on any atom is 0.322 e. The normalized spacial score (nSPS) is 10.8. The molecule has 0 saturated carbocycles. The highest BCUT2D eigenvalue weighted by Crippen LogP contribution is 2.33. The van der Waals surface area contributed by atoms with Crippen LogP contribution in [0.4, 0.5) is 6.01 Å². The van der Waals surface area contributed by atoms with Gasteiger partial charge in [0.05, 0.1) is 23.4 Å². The van der Waals surface area contributed by atoms with E-state index in [0.717, 1.165) is 10.2 Å². The Kier molecular flexibility index (Phi) is 5.39. The van der Waals surface area contributed by atoms with Gasteiger partial charge in [0.2, 0.25) is 5.89 Å². The van der Waals surface area contributed by atoms with E-state index in [1.165, 1.54) is 11.3 Å². The van der Waals surface area contributed by atoms with Crippen molar-refractivity contribution < 1.29 is 18.7 Å². The number of anilines is 1. The zero-order chi connectivity index (χ0) is 20.2. The van der Waals surface area contributed by atoms with Gasteiger partial charge in [-0.15, -0.1) is 16.4 Å². The van der Waals surface area contributed by atoms with Gasteiger partial charge in [-0.1, -0.05) is 17.2 Å². The zero-order valence-corrected chi connectivity index (χ0v) is 16.7. The number of hydrogen-bond donors (Lipinski definition) is 1. The number of nitrogens with one attached hydrogen (secondary N) is 1. The number of ether oxygens (including phenoxy) is 2. The smallest absolute Gasteiger partial charge is 0.322 e. The standard InChI is InChI=1S/C20H18N4O4S/c1-3-26-14-10-9-12(11-15(14)27-4-2)18-23-24-20(28-18)22-17(25)19-21-13-7-5-6-8-16(13)29-19/h5-11H,3-4H2,1-2H3,(H,22,24,25). The lowest BCUT2D eigenvalue weighted by atomic mass is 10.2. The van der Waals surface area contributed by atoms with Gasteiger partial charge in [-0.05, 0) is 44.2 Å². The number of fused-ring (bicyclic) bond motifs is 1. The van der Waals surface area contributed by atoms with Gasteiger partial charge in [-0.25, -0.2) is 4.98 Å². The van der Waals surface area contributed by atoms with Crippen molar-refractivity contribution in [2.24, 2.45) is 0 Å². The second-order valence-corrected chi connectivity index (χ2v) is 6.91. The fourth-order valence-electron chi connectivity index (χ4n) is 2.69. The van der Waals surface area contributed by atoms with Crippen LogP contribution in [0.1, 0.15) is 23.6 Å². The van der Waals surface area contributed by atoms with Crippen molar-refractivity contribution in [2.75, 3.05) is 18.5 Å². The summed E-state index contributed by atoms with van der Waals surface area (Å²) < 4.78 is 17.7. The minimum absolute atomic E-state index is 0.00361. The summed E-state index contributed by atoms with van der Waals surface area (Å²) in [6, 6.07) is 12.9. The first-order chi connectivity index (χ1) is 14.2. The van der Waals surface area contributed by atoms with Gasteiger partial charge in [-0.3, -0.25) is 10.1 Å². The maximum absolute atomic E-state index is 12.5. The van der Waals surface area contributed by atoms with Crippen molar-refractivity contribution in [1.29, 1.82) is 0 Å². The molecule has 0 saturated heterocycles. The van der Waals surface area contributed by atoms with E-state index in [4.69, 9.17) is 13.9 Å². The predicted molar refractivity (Wildman–Crippen MR) is 110 cm³/mol. The molecule has 0 radical (unpaired) electrons.